The van der Waals surface area contributed by atoms with Gasteiger partial charge in [0.2, 0.25) is 0 Å². The van der Waals surface area contributed by atoms with Crippen LogP contribution in [-0.2, 0) is 18.9 Å². The molecular weight excluding hydrogens is 550 g/mol. The molecule has 9 heteroatoms. The molecule has 0 radical (unpaired) electrons. The Bertz CT molecular complexity index is 1130. The van der Waals surface area contributed by atoms with Crippen LogP contribution in [0.25, 0.3) is 0 Å². The molecule has 0 aliphatic rings. The molecule has 1 atom stereocenters. The van der Waals surface area contributed by atoms with Crippen LogP contribution < -0.4 is 5.11 Å². The Kier molecular flexibility index (Phi) is 12.8. The van der Waals surface area contributed by atoms with Crippen molar-refractivity contribution in [2.45, 2.75) is 11.8 Å². The lowest BCUT2D eigenvalue weighted by Crippen LogP contribution is -2.52. The molecule has 230 valence electrons. The number of phenols is 3. The van der Waals surface area contributed by atoms with Crippen molar-refractivity contribution in [1.29, 1.82) is 0 Å². The first-order valence-corrected chi connectivity index (χ1v) is 13.7. The lowest BCUT2D eigenvalue weighted by atomic mass is 9.73. The highest BCUT2D eigenvalue weighted by atomic mass is 16.6. The maximum atomic E-state index is 11.7. The van der Waals surface area contributed by atoms with Gasteiger partial charge < -0.3 is 39.4 Å². The van der Waals surface area contributed by atoms with E-state index in [1.807, 2.05) is 48.5 Å². The van der Waals surface area contributed by atoms with E-state index in [-0.39, 0.29) is 34.8 Å². The van der Waals surface area contributed by atoms with E-state index < -0.39 is 0 Å². The second-order valence-corrected chi connectivity index (χ2v) is 10.3. The largest absolute Gasteiger partial charge is 0.872 e. The Labute approximate surface area is 253 Å². The van der Waals surface area contributed by atoms with E-state index in [0.717, 1.165) is 22.3 Å². The molecule has 0 spiro atoms. The van der Waals surface area contributed by atoms with E-state index in [1.165, 1.54) is 0 Å². The van der Waals surface area contributed by atoms with Crippen LogP contribution in [0.5, 0.6) is 23.0 Å². The van der Waals surface area contributed by atoms with E-state index in [1.54, 1.807) is 77.0 Å². The lowest BCUT2D eigenvalue weighted by molar-refractivity contribution is -0.991. The summed E-state index contributed by atoms with van der Waals surface area (Å²) in [4.78, 5) is 0. The van der Waals surface area contributed by atoms with Crippen molar-refractivity contribution in [3.05, 3.63) is 119 Å². The number of aromatic hydroxyl groups is 3. The SMILES string of the molecule is COC[N+](COC)(COC)COC.[O-]c1ccc(C(c2ccc(O)cc2)C(c2ccc(O)cc2)c2ccc(O)cc2)cc1. The van der Waals surface area contributed by atoms with Crippen LogP contribution in [0.1, 0.15) is 34.1 Å². The van der Waals surface area contributed by atoms with E-state index in [4.69, 9.17) is 18.9 Å². The Balaban J connectivity index is 0.000000331. The number of phenolic OH excluding ortho intramolecular Hbond substituents is 3. The summed E-state index contributed by atoms with van der Waals surface area (Å²) in [5.74, 6) is 0.154. The zero-order chi connectivity index (χ0) is 31.2. The zero-order valence-corrected chi connectivity index (χ0v) is 25.1. The maximum Gasteiger partial charge on any atom is 0.188 e. The average molecular weight is 592 g/mol. The number of methoxy groups -OCH3 is 4. The molecule has 0 bridgehead atoms. The van der Waals surface area contributed by atoms with Gasteiger partial charge in [0, 0.05) is 40.3 Å². The first-order valence-electron chi connectivity index (χ1n) is 13.7. The van der Waals surface area contributed by atoms with Crippen molar-refractivity contribution in [3.8, 4) is 23.0 Å². The Morgan fingerprint density at radius 2 is 0.698 bits per heavy atom. The maximum absolute atomic E-state index is 11.7. The van der Waals surface area contributed by atoms with Crippen molar-refractivity contribution in [2.75, 3.05) is 55.4 Å². The van der Waals surface area contributed by atoms with Crippen LogP contribution in [0.15, 0.2) is 97.1 Å². The lowest BCUT2D eigenvalue weighted by Gasteiger charge is -2.34. The van der Waals surface area contributed by atoms with E-state index >= 15 is 0 Å². The van der Waals surface area contributed by atoms with Gasteiger partial charge in [-0.05, 0) is 58.7 Å². The Morgan fingerprint density at radius 1 is 0.465 bits per heavy atom. The number of rotatable bonds is 13. The quantitative estimate of drug-likeness (QED) is 0.146. The van der Waals surface area contributed by atoms with Gasteiger partial charge >= 0.3 is 0 Å². The van der Waals surface area contributed by atoms with Crippen molar-refractivity contribution in [3.63, 3.8) is 0 Å². The van der Waals surface area contributed by atoms with Crippen molar-refractivity contribution in [2.24, 2.45) is 0 Å². The minimum atomic E-state index is -0.166. The third-order valence-corrected chi connectivity index (χ3v) is 6.94. The molecular formula is C34H41NO8. The number of quaternary nitrogens is 1. The van der Waals surface area contributed by atoms with E-state index in [0.29, 0.717) is 31.4 Å². The van der Waals surface area contributed by atoms with Crippen LogP contribution in [0.2, 0.25) is 0 Å². The minimum Gasteiger partial charge on any atom is -0.872 e. The first kappa shape index (κ1) is 33.4. The fraction of sp³-hybridized carbons (Fsp3) is 0.294. The van der Waals surface area contributed by atoms with Gasteiger partial charge in [0.25, 0.3) is 0 Å². The molecule has 4 aromatic rings. The molecule has 3 N–H and O–H groups in total. The molecule has 0 heterocycles. The molecule has 43 heavy (non-hydrogen) atoms. The second kappa shape index (κ2) is 16.5. The summed E-state index contributed by atoms with van der Waals surface area (Å²) in [6.07, 6.45) is 0. The molecule has 4 aromatic carbocycles. The highest BCUT2D eigenvalue weighted by molar-refractivity contribution is 5.47. The molecule has 0 amide bonds. The predicted molar refractivity (Wildman–Crippen MR) is 162 cm³/mol. The Hall–Kier alpha value is -4.12. The van der Waals surface area contributed by atoms with Crippen LogP contribution in [0.3, 0.4) is 0 Å². The standard InChI is InChI=1S/C26H22O4.C8H20NO4/c27-21-9-1-17(2-10-21)25(18-3-11-22(28)12-4-18)26(19-5-13-23(29)14-6-19)20-7-15-24(30)16-8-20;1-10-5-9(6-11-2,7-12-3)8-13-4/h1-16,25-30H;5-8H2,1-4H3/q;+1/p-1. The molecule has 9 nitrogen and oxygen atoms in total. The summed E-state index contributed by atoms with van der Waals surface area (Å²) in [5.41, 5.74) is 3.87. The van der Waals surface area contributed by atoms with Gasteiger partial charge in [0.15, 0.2) is 26.9 Å². The molecule has 1 unspecified atom stereocenters. The van der Waals surface area contributed by atoms with Gasteiger partial charge in [0.1, 0.15) is 17.2 Å². The number of ether oxygens (including phenoxy) is 4. The highest BCUT2D eigenvalue weighted by Gasteiger charge is 2.29. The van der Waals surface area contributed by atoms with Crippen molar-refractivity contribution < 1.29 is 43.9 Å². The normalized spacial score (nSPS) is 12.0. The van der Waals surface area contributed by atoms with Crippen LogP contribution in [0, 0.1) is 0 Å². The van der Waals surface area contributed by atoms with Crippen molar-refractivity contribution >= 4 is 0 Å². The number of hydrogen-bond acceptors (Lipinski definition) is 8. The molecule has 0 saturated heterocycles. The molecule has 0 aliphatic carbocycles. The highest BCUT2D eigenvalue weighted by Crippen LogP contribution is 2.44. The van der Waals surface area contributed by atoms with Crippen LogP contribution >= 0.6 is 0 Å². The van der Waals surface area contributed by atoms with Gasteiger partial charge in [-0.2, -0.15) is 0 Å². The summed E-state index contributed by atoms with van der Waals surface area (Å²) >= 11 is 0. The third-order valence-electron chi connectivity index (χ3n) is 6.94. The number of hydrogen-bond donors (Lipinski definition) is 3. The molecule has 0 saturated carbocycles. The van der Waals surface area contributed by atoms with Crippen LogP contribution in [0.4, 0.5) is 0 Å². The minimum absolute atomic E-state index is 0.0611. The Morgan fingerprint density at radius 3 is 0.930 bits per heavy atom. The smallest absolute Gasteiger partial charge is 0.188 e. The molecule has 4 rings (SSSR count). The summed E-state index contributed by atoms with van der Waals surface area (Å²) < 4.78 is 20.9. The molecule has 0 fully saturated rings. The fourth-order valence-electron chi connectivity index (χ4n) is 5.19. The van der Waals surface area contributed by atoms with Gasteiger partial charge in [-0.1, -0.05) is 60.7 Å². The predicted octanol–water partition coefficient (Wildman–Crippen LogP) is 5.06. The van der Waals surface area contributed by atoms with Gasteiger partial charge in [-0.25, -0.2) is 4.48 Å². The summed E-state index contributed by atoms with van der Waals surface area (Å²) in [6.45, 7) is 2.04. The molecule has 0 aliphatic heterocycles. The van der Waals surface area contributed by atoms with E-state index in [9.17, 15) is 20.4 Å². The monoisotopic (exact) mass is 591 g/mol. The van der Waals surface area contributed by atoms with E-state index in [2.05, 4.69) is 0 Å². The zero-order valence-electron chi connectivity index (χ0n) is 25.1. The number of nitrogens with zero attached hydrogens (tertiary/aromatic N) is 1. The van der Waals surface area contributed by atoms with Gasteiger partial charge in [-0.15, -0.1) is 5.75 Å². The topological polar surface area (TPSA) is 121 Å². The summed E-state index contributed by atoms with van der Waals surface area (Å²) in [6, 6.07) is 27.9. The summed E-state index contributed by atoms with van der Waals surface area (Å²) in [7, 11) is 6.59. The summed E-state index contributed by atoms with van der Waals surface area (Å²) in [5, 5.41) is 41.1. The first-order chi connectivity index (χ1) is 20.8. The van der Waals surface area contributed by atoms with Crippen LogP contribution in [-0.4, -0.2) is 75.2 Å². The van der Waals surface area contributed by atoms with Crippen molar-refractivity contribution in [1.82, 2.24) is 0 Å². The average Bonchev–Trinajstić information content (AvgIpc) is 2.99. The number of benzene rings is 4. The second-order valence-electron chi connectivity index (χ2n) is 10.3. The van der Waals surface area contributed by atoms with Gasteiger partial charge in [-0.3, -0.25) is 0 Å². The molecule has 0 aromatic heterocycles. The van der Waals surface area contributed by atoms with Gasteiger partial charge in [0.05, 0.1) is 0 Å². The third kappa shape index (κ3) is 9.44. The fourth-order valence-corrected chi connectivity index (χ4v) is 5.19.